The summed E-state index contributed by atoms with van der Waals surface area (Å²) < 4.78 is 47.6. The van der Waals surface area contributed by atoms with Gasteiger partial charge in [0.25, 0.3) is 0 Å². The second-order valence-electron chi connectivity index (χ2n) is 7.23. The lowest BCUT2D eigenvalue weighted by Crippen LogP contribution is -2.43. The number of piperidine rings is 1. The standard InChI is InChI=1S/C20H20FN3O5S/c1-23-17-9-8-14(11-18(17)29-20(23)26)30(27,28)24-10-4-5-13(12-24)19(25)22-16-7-3-2-6-15(16)21/h2-3,6-9,11,13H,4-5,10,12H2,1H3,(H,22,25). The van der Waals surface area contributed by atoms with Crippen molar-refractivity contribution in [2.75, 3.05) is 18.4 Å². The Morgan fingerprint density at radius 1 is 1.23 bits per heavy atom. The van der Waals surface area contributed by atoms with Crippen LogP contribution in [-0.2, 0) is 21.9 Å². The molecule has 1 fully saturated rings. The summed E-state index contributed by atoms with van der Waals surface area (Å²) in [5.41, 5.74) is 0.723. The maximum atomic E-state index is 13.8. The fraction of sp³-hybridized carbons (Fsp3) is 0.300. The highest BCUT2D eigenvalue weighted by atomic mass is 32.2. The van der Waals surface area contributed by atoms with E-state index in [9.17, 15) is 22.4 Å². The van der Waals surface area contributed by atoms with Gasteiger partial charge in [-0.3, -0.25) is 9.36 Å². The van der Waals surface area contributed by atoms with E-state index in [0.29, 0.717) is 18.4 Å². The van der Waals surface area contributed by atoms with Crippen molar-refractivity contribution < 1.29 is 22.0 Å². The topological polar surface area (TPSA) is 102 Å². The van der Waals surface area contributed by atoms with E-state index in [1.165, 1.54) is 52.3 Å². The number of nitrogens with zero attached hydrogens (tertiary/aromatic N) is 2. The SMILES string of the molecule is Cn1c(=O)oc2cc(S(=O)(=O)N3CCCC(C(=O)Nc4ccccc4F)C3)ccc21. The maximum absolute atomic E-state index is 13.8. The monoisotopic (exact) mass is 433 g/mol. The van der Waals surface area contributed by atoms with Crippen LogP contribution in [0.5, 0.6) is 0 Å². The molecule has 1 saturated heterocycles. The average Bonchev–Trinajstić information content (AvgIpc) is 3.03. The lowest BCUT2D eigenvalue weighted by molar-refractivity contribution is -0.120. The molecule has 158 valence electrons. The van der Waals surface area contributed by atoms with Crippen LogP contribution >= 0.6 is 0 Å². The molecular formula is C20H20FN3O5S. The molecule has 0 aliphatic carbocycles. The van der Waals surface area contributed by atoms with Crippen molar-refractivity contribution in [2.24, 2.45) is 13.0 Å². The number of nitrogens with one attached hydrogen (secondary N) is 1. The van der Waals surface area contributed by atoms with Crippen LogP contribution in [0.1, 0.15) is 12.8 Å². The third kappa shape index (κ3) is 3.63. The molecule has 0 spiro atoms. The summed E-state index contributed by atoms with van der Waals surface area (Å²) in [4.78, 5) is 24.2. The fourth-order valence-corrected chi connectivity index (χ4v) is 5.14. The van der Waals surface area contributed by atoms with Crippen molar-refractivity contribution in [3.63, 3.8) is 0 Å². The van der Waals surface area contributed by atoms with Crippen LogP contribution in [0.25, 0.3) is 11.1 Å². The summed E-state index contributed by atoms with van der Waals surface area (Å²) in [6.45, 7) is 0.252. The van der Waals surface area contributed by atoms with Crippen molar-refractivity contribution in [2.45, 2.75) is 17.7 Å². The number of carbonyl (C=O) groups excluding carboxylic acids is 1. The predicted molar refractivity (Wildman–Crippen MR) is 108 cm³/mol. The maximum Gasteiger partial charge on any atom is 0.419 e. The molecule has 1 amide bonds. The number of halogens is 1. The zero-order chi connectivity index (χ0) is 21.5. The number of rotatable bonds is 4. The van der Waals surface area contributed by atoms with Crippen molar-refractivity contribution in [3.8, 4) is 0 Å². The minimum absolute atomic E-state index is 0.0143. The van der Waals surface area contributed by atoms with E-state index >= 15 is 0 Å². The summed E-state index contributed by atoms with van der Waals surface area (Å²) in [7, 11) is -2.36. The molecule has 2 aromatic carbocycles. The third-order valence-electron chi connectivity index (χ3n) is 5.29. The van der Waals surface area contributed by atoms with Gasteiger partial charge in [-0.1, -0.05) is 12.1 Å². The number of anilines is 1. The second kappa shape index (κ2) is 7.69. The van der Waals surface area contributed by atoms with Gasteiger partial charge >= 0.3 is 5.76 Å². The molecule has 1 aliphatic heterocycles. The van der Waals surface area contributed by atoms with Crippen molar-refractivity contribution >= 4 is 32.7 Å². The normalized spacial score (nSPS) is 17.9. The van der Waals surface area contributed by atoms with Gasteiger partial charge in [-0.25, -0.2) is 17.6 Å². The van der Waals surface area contributed by atoms with Crippen molar-refractivity contribution in [1.82, 2.24) is 8.87 Å². The smallest absolute Gasteiger partial charge is 0.408 e. The molecule has 3 aromatic rings. The molecule has 1 aliphatic rings. The zero-order valence-electron chi connectivity index (χ0n) is 16.2. The van der Waals surface area contributed by atoms with Gasteiger partial charge in [-0.05, 0) is 37.1 Å². The summed E-state index contributed by atoms with van der Waals surface area (Å²) >= 11 is 0. The summed E-state index contributed by atoms with van der Waals surface area (Å²) in [5, 5.41) is 2.54. The Kier molecular flexibility index (Phi) is 5.20. The first kappa shape index (κ1) is 20.3. The Balaban J connectivity index is 1.55. The minimum atomic E-state index is -3.90. The molecule has 1 atom stereocenters. The van der Waals surface area contributed by atoms with Crippen LogP contribution in [0, 0.1) is 11.7 Å². The van der Waals surface area contributed by atoms with Gasteiger partial charge in [0, 0.05) is 26.2 Å². The lowest BCUT2D eigenvalue weighted by Gasteiger charge is -2.31. The number of oxazole rings is 1. The Morgan fingerprint density at radius 3 is 2.77 bits per heavy atom. The highest BCUT2D eigenvalue weighted by Crippen LogP contribution is 2.27. The fourth-order valence-electron chi connectivity index (χ4n) is 3.60. The molecule has 1 unspecified atom stereocenters. The molecule has 4 rings (SSSR count). The molecule has 30 heavy (non-hydrogen) atoms. The second-order valence-corrected chi connectivity index (χ2v) is 9.17. The number of aryl methyl sites for hydroxylation is 1. The first-order valence-electron chi connectivity index (χ1n) is 9.42. The number of para-hydroxylation sites is 1. The molecule has 0 radical (unpaired) electrons. The van der Waals surface area contributed by atoms with Gasteiger partial charge in [-0.2, -0.15) is 4.31 Å². The first-order valence-corrected chi connectivity index (χ1v) is 10.9. The number of benzene rings is 2. The number of fused-ring (bicyclic) bond motifs is 1. The van der Waals surface area contributed by atoms with Crippen molar-refractivity contribution in [1.29, 1.82) is 0 Å². The lowest BCUT2D eigenvalue weighted by atomic mass is 9.98. The van der Waals surface area contributed by atoms with Gasteiger partial charge in [0.05, 0.1) is 22.0 Å². The van der Waals surface area contributed by atoms with E-state index in [2.05, 4.69) is 5.32 Å². The Bertz CT molecular complexity index is 1280. The van der Waals surface area contributed by atoms with Gasteiger partial charge in [0.1, 0.15) is 5.82 Å². The van der Waals surface area contributed by atoms with Crippen LogP contribution in [0.3, 0.4) is 0 Å². The van der Waals surface area contributed by atoms with E-state index in [1.54, 1.807) is 6.07 Å². The highest BCUT2D eigenvalue weighted by Gasteiger charge is 2.34. The molecule has 1 aromatic heterocycles. The molecule has 0 saturated carbocycles. The molecular weight excluding hydrogens is 413 g/mol. The number of hydrogen-bond donors (Lipinski definition) is 1. The molecule has 0 bridgehead atoms. The van der Waals surface area contributed by atoms with E-state index in [-0.39, 0.29) is 29.3 Å². The van der Waals surface area contributed by atoms with Gasteiger partial charge in [-0.15, -0.1) is 0 Å². The minimum Gasteiger partial charge on any atom is -0.408 e. The number of carbonyl (C=O) groups is 1. The quantitative estimate of drug-likeness (QED) is 0.680. The molecule has 2 heterocycles. The van der Waals surface area contributed by atoms with Crippen LogP contribution in [0.4, 0.5) is 10.1 Å². The molecule has 1 N–H and O–H groups in total. The molecule has 8 nitrogen and oxygen atoms in total. The zero-order valence-corrected chi connectivity index (χ0v) is 17.0. The van der Waals surface area contributed by atoms with E-state index in [4.69, 9.17) is 4.42 Å². The summed E-state index contributed by atoms with van der Waals surface area (Å²) in [6.07, 6.45) is 0.996. The van der Waals surface area contributed by atoms with E-state index in [0.717, 1.165) is 0 Å². The third-order valence-corrected chi connectivity index (χ3v) is 7.15. The number of amides is 1. The van der Waals surface area contributed by atoms with E-state index in [1.807, 2.05) is 0 Å². The van der Waals surface area contributed by atoms with Gasteiger partial charge in [0.15, 0.2) is 5.58 Å². The molecule has 10 heteroatoms. The van der Waals surface area contributed by atoms with Gasteiger partial charge < -0.3 is 9.73 Å². The Labute approximate surface area is 172 Å². The number of sulfonamides is 1. The van der Waals surface area contributed by atoms with Gasteiger partial charge in [0.2, 0.25) is 15.9 Å². The number of aromatic nitrogens is 1. The van der Waals surface area contributed by atoms with Crippen molar-refractivity contribution in [3.05, 3.63) is 58.8 Å². The van der Waals surface area contributed by atoms with Crippen LogP contribution < -0.4 is 11.1 Å². The Morgan fingerprint density at radius 2 is 2.00 bits per heavy atom. The average molecular weight is 433 g/mol. The number of hydrogen-bond acceptors (Lipinski definition) is 5. The Hall–Kier alpha value is -2.98. The van der Waals surface area contributed by atoms with E-state index < -0.39 is 33.4 Å². The van der Waals surface area contributed by atoms with Crippen LogP contribution in [0.2, 0.25) is 0 Å². The first-order chi connectivity index (χ1) is 14.3. The van der Waals surface area contributed by atoms with Crippen LogP contribution in [0.15, 0.2) is 56.6 Å². The summed E-state index contributed by atoms with van der Waals surface area (Å²) in [6, 6.07) is 10.1. The largest absolute Gasteiger partial charge is 0.419 e. The highest BCUT2D eigenvalue weighted by molar-refractivity contribution is 7.89. The predicted octanol–water partition coefficient (Wildman–Crippen LogP) is 2.31. The summed E-state index contributed by atoms with van der Waals surface area (Å²) in [5.74, 6) is -2.16. The van der Waals surface area contributed by atoms with Crippen LogP contribution in [-0.4, -0.2) is 36.3 Å².